The maximum Gasteiger partial charge on any atom is 0.243 e. The highest BCUT2D eigenvalue weighted by Crippen LogP contribution is 2.32. The van der Waals surface area contributed by atoms with Gasteiger partial charge in [-0.05, 0) is 61.7 Å². The fraction of sp³-hybridized carbons (Fsp3) is 0.333. The van der Waals surface area contributed by atoms with Crippen molar-refractivity contribution in [3.05, 3.63) is 59.7 Å². The summed E-state index contributed by atoms with van der Waals surface area (Å²) in [6, 6.07) is 9.94. The molecule has 1 aromatic heterocycles. The van der Waals surface area contributed by atoms with Crippen molar-refractivity contribution in [1.82, 2.24) is 14.4 Å². The summed E-state index contributed by atoms with van der Waals surface area (Å²) in [6.45, 7) is 2.15. The molecule has 0 unspecified atom stereocenters. The topological polar surface area (TPSA) is 110 Å². The Labute approximate surface area is 186 Å². The Balaban J connectivity index is 1.46. The molecule has 2 heterocycles. The number of hydrogen-bond acceptors (Lipinski definition) is 7. The van der Waals surface area contributed by atoms with Gasteiger partial charge in [0, 0.05) is 30.8 Å². The van der Waals surface area contributed by atoms with Gasteiger partial charge in [0.15, 0.2) is 9.84 Å². The van der Waals surface area contributed by atoms with E-state index in [0.29, 0.717) is 35.7 Å². The van der Waals surface area contributed by atoms with E-state index >= 15 is 0 Å². The van der Waals surface area contributed by atoms with Crippen molar-refractivity contribution in [1.29, 1.82) is 0 Å². The fourth-order valence-corrected chi connectivity index (χ4v) is 6.04. The quantitative estimate of drug-likeness (QED) is 0.553. The largest absolute Gasteiger partial charge is 0.339 e. The van der Waals surface area contributed by atoms with Crippen molar-refractivity contribution >= 4 is 19.9 Å². The van der Waals surface area contributed by atoms with Gasteiger partial charge >= 0.3 is 0 Å². The number of nitrogens with zero attached hydrogens (tertiary/aromatic N) is 3. The van der Waals surface area contributed by atoms with Crippen LogP contribution in [-0.4, -0.2) is 50.6 Å². The van der Waals surface area contributed by atoms with Crippen LogP contribution in [0.1, 0.15) is 30.2 Å². The highest BCUT2D eigenvalue weighted by atomic mass is 32.2. The SMILES string of the molecule is Cc1ccc(F)cc1S(=O)(=O)N1CCC(c2nc(-c3ccc(S(C)(=O)=O)cc3)no2)CC1. The Morgan fingerprint density at radius 3 is 2.31 bits per heavy atom. The number of aryl methyl sites for hydroxylation is 1. The van der Waals surface area contributed by atoms with E-state index in [9.17, 15) is 21.2 Å². The fourth-order valence-electron chi connectivity index (χ4n) is 3.70. The minimum absolute atomic E-state index is 0.0198. The van der Waals surface area contributed by atoms with Crippen LogP contribution in [0.2, 0.25) is 0 Å². The van der Waals surface area contributed by atoms with Crippen LogP contribution in [0.15, 0.2) is 56.8 Å². The monoisotopic (exact) mass is 479 g/mol. The molecule has 2 aromatic carbocycles. The van der Waals surface area contributed by atoms with E-state index in [0.717, 1.165) is 12.3 Å². The number of hydrogen-bond donors (Lipinski definition) is 0. The first-order chi connectivity index (χ1) is 15.1. The number of sulfonamides is 1. The number of halogens is 1. The van der Waals surface area contributed by atoms with Crippen LogP contribution in [0.3, 0.4) is 0 Å². The number of sulfone groups is 1. The van der Waals surface area contributed by atoms with Gasteiger partial charge in [-0.1, -0.05) is 11.2 Å². The standard InChI is InChI=1S/C21H22FN3O5S2/c1-14-3-6-17(22)13-19(14)32(28,29)25-11-9-16(10-12-25)21-23-20(24-30-21)15-4-7-18(8-5-15)31(2,26)27/h3-8,13,16H,9-12H2,1-2H3. The van der Waals surface area contributed by atoms with Crippen molar-refractivity contribution in [2.24, 2.45) is 0 Å². The van der Waals surface area contributed by atoms with E-state index in [2.05, 4.69) is 10.1 Å². The van der Waals surface area contributed by atoms with Crippen molar-refractivity contribution in [2.75, 3.05) is 19.3 Å². The second-order valence-electron chi connectivity index (χ2n) is 7.84. The third-order valence-electron chi connectivity index (χ3n) is 5.55. The summed E-state index contributed by atoms with van der Waals surface area (Å²) >= 11 is 0. The summed E-state index contributed by atoms with van der Waals surface area (Å²) in [5, 5.41) is 3.98. The second-order valence-corrected chi connectivity index (χ2v) is 11.8. The maximum absolute atomic E-state index is 13.6. The number of benzene rings is 2. The number of aromatic nitrogens is 2. The molecule has 0 aliphatic carbocycles. The lowest BCUT2D eigenvalue weighted by molar-refractivity contribution is 0.270. The molecule has 4 rings (SSSR count). The first-order valence-electron chi connectivity index (χ1n) is 9.96. The molecule has 0 N–H and O–H groups in total. The molecule has 11 heteroatoms. The van der Waals surface area contributed by atoms with E-state index in [1.807, 2.05) is 0 Å². The first kappa shape index (κ1) is 22.6. The minimum Gasteiger partial charge on any atom is -0.339 e. The Bertz CT molecular complexity index is 1340. The van der Waals surface area contributed by atoms with Gasteiger partial charge in [0.1, 0.15) is 5.82 Å². The Morgan fingerprint density at radius 2 is 1.69 bits per heavy atom. The van der Waals surface area contributed by atoms with Crippen LogP contribution in [-0.2, 0) is 19.9 Å². The molecule has 8 nitrogen and oxygen atoms in total. The average molecular weight is 480 g/mol. The smallest absolute Gasteiger partial charge is 0.243 e. The molecule has 1 fully saturated rings. The van der Waals surface area contributed by atoms with E-state index < -0.39 is 25.7 Å². The summed E-state index contributed by atoms with van der Waals surface area (Å²) in [6.07, 6.45) is 2.11. The van der Waals surface area contributed by atoms with Crippen LogP contribution >= 0.6 is 0 Å². The Morgan fingerprint density at radius 1 is 1.03 bits per heavy atom. The maximum atomic E-state index is 13.6. The van der Waals surface area contributed by atoms with Gasteiger partial charge in [-0.25, -0.2) is 21.2 Å². The molecule has 1 saturated heterocycles. The molecule has 1 aliphatic heterocycles. The Hall–Kier alpha value is -2.63. The second kappa shape index (κ2) is 8.38. The van der Waals surface area contributed by atoms with Crippen LogP contribution in [0.4, 0.5) is 4.39 Å². The molecule has 0 saturated carbocycles. The van der Waals surface area contributed by atoms with Gasteiger partial charge < -0.3 is 4.52 Å². The van der Waals surface area contributed by atoms with Crippen LogP contribution in [0.5, 0.6) is 0 Å². The summed E-state index contributed by atoms with van der Waals surface area (Å²) in [7, 11) is -7.09. The molecule has 0 bridgehead atoms. The first-order valence-corrected chi connectivity index (χ1v) is 13.3. The zero-order valence-electron chi connectivity index (χ0n) is 17.5. The number of rotatable bonds is 5. The lowest BCUT2D eigenvalue weighted by Gasteiger charge is -2.30. The van der Waals surface area contributed by atoms with Crippen molar-refractivity contribution in [3.63, 3.8) is 0 Å². The summed E-state index contributed by atoms with van der Waals surface area (Å²) in [5.74, 6) is 0.0512. The average Bonchev–Trinajstić information content (AvgIpc) is 3.25. The van der Waals surface area contributed by atoms with Gasteiger partial charge in [-0.2, -0.15) is 9.29 Å². The summed E-state index contributed by atoms with van der Waals surface area (Å²) in [5.41, 5.74) is 1.12. The predicted molar refractivity (Wildman–Crippen MR) is 115 cm³/mol. The van der Waals surface area contributed by atoms with Gasteiger partial charge in [0.2, 0.25) is 21.7 Å². The zero-order chi connectivity index (χ0) is 23.1. The van der Waals surface area contributed by atoms with Crippen molar-refractivity contribution < 1.29 is 25.7 Å². The highest BCUT2D eigenvalue weighted by molar-refractivity contribution is 7.90. The lowest BCUT2D eigenvalue weighted by Crippen LogP contribution is -2.38. The van der Waals surface area contributed by atoms with Crippen LogP contribution in [0.25, 0.3) is 11.4 Å². The summed E-state index contributed by atoms with van der Waals surface area (Å²) in [4.78, 5) is 4.60. The predicted octanol–water partition coefficient (Wildman–Crippen LogP) is 3.16. The third-order valence-corrected chi connectivity index (χ3v) is 8.72. The van der Waals surface area contributed by atoms with Crippen LogP contribution < -0.4 is 0 Å². The van der Waals surface area contributed by atoms with Gasteiger partial charge in [-0.3, -0.25) is 0 Å². The molecular formula is C21H22FN3O5S2. The molecule has 0 amide bonds. The molecule has 0 spiro atoms. The van der Waals surface area contributed by atoms with Crippen molar-refractivity contribution in [3.8, 4) is 11.4 Å². The minimum atomic E-state index is -3.80. The highest BCUT2D eigenvalue weighted by Gasteiger charge is 2.33. The molecule has 170 valence electrons. The molecule has 0 radical (unpaired) electrons. The van der Waals surface area contributed by atoms with E-state index in [4.69, 9.17) is 4.52 Å². The van der Waals surface area contributed by atoms with Gasteiger partial charge in [-0.15, -0.1) is 0 Å². The Kier molecular flexibility index (Phi) is 5.91. The molecule has 0 atom stereocenters. The van der Waals surface area contributed by atoms with Crippen molar-refractivity contribution in [2.45, 2.75) is 35.5 Å². The molecular weight excluding hydrogens is 457 g/mol. The molecule has 1 aliphatic rings. The number of piperidine rings is 1. The lowest BCUT2D eigenvalue weighted by atomic mass is 9.98. The molecule has 32 heavy (non-hydrogen) atoms. The summed E-state index contributed by atoms with van der Waals surface area (Å²) < 4.78 is 69.5. The van der Waals surface area contributed by atoms with E-state index in [-0.39, 0.29) is 28.8 Å². The molecule has 3 aromatic rings. The third kappa shape index (κ3) is 4.45. The normalized spacial score (nSPS) is 16.3. The van der Waals surface area contributed by atoms with Gasteiger partial charge in [0.25, 0.3) is 0 Å². The van der Waals surface area contributed by atoms with E-state index in [1.54, 1.807) is 19.1 Å². The van der Waals surface area contributed by atoms with E-state index in [1.165, 1.54) is 28.6 Å². The van der Waals surface area contributed by atoms with Gasteiger partial charge in [0.05, 0.1) is 9.79 Å². The van der Waals surface area contributed by atoms with Crippen LogP contribution in [0, 0.1) is 12.7 Å². The zero-order valence-corrected chi connectivity index (χ0v) is 19.2.